The molecule has 0 rings (SSSR count). The number of nitrogens with two attached hydrogens (primary N) is 1. The largest absolute Gasteiger partial charge is 0.329 e. The molecule has 0 heterocycles. The van der Waals surface area contributed by atoms with Crippen molar-refractivity contribution in [1.82, 2.24) is 4.90 Å². The van der Waals surface area contributed by atoms with Gasteiger partial charge in [-0.1, -0.05) is 20.8 Å². The Bertz CT molecular complexity index is 119. The highest BCUT2D eigenvalue weighted by Gasteiger charge is 2.17. The zero-order chi connectivity index (χ0) is 10.4. The van der Waals surface area contributed by atoms with Crippen LogP contribution in [-0.4, -0.2) is 30.6 Å². The molecule has 2 atom stereocenters. The van der Waals surface area contributed by atoms with Crippen LogP contribution in [0, 0.1) is 5.92 Å². The quantitative estimate of drug-likeness (QED) is 0.688. The molecule has 0 saturated carbocycles. The maximum Gasteiger partial charge on any atom is 0.0215 e. The average Bonchev–Trinajstić information content (AvgIpc) is 2.05. The van der Waals surface area contributed by atoms with Gasteiger partial charge in [0.25, 0.3) is 0 Å². The molecule has 0 aromatic rings. The van der Waals surface area contributed by atoms with Gasteiger partial charge in [-0.3, -0.25) is 4.90 Å². The van der Waals surface area contributed by atoms with E-state index >= 15 is 0 Å². The van der Waals surface area contributed by atoms with E-state index in [1.165, 1.54) is 6.42 Å². The van der Waals surface area contributed by atoms with E-state index in [9.17, 15) is 0 Å². The summed E-state index contributed by atoms with van der Waals surface area (Å²) < 4.78 is 0. The second-order valence-corrected chi connectivity index (χ2v) is 4.44. The van der Waals surface area contributed by atoms with E-state index in [-0.39, 0.29) is 0 Å². The van der Waals surface area contributed by atoms with Gasteiger partial charge >= 0.3 is 0 Å². The number of hydrogen-bond acceptors (Lipinski definition) is 2. The molecule has 13 heavy (non-hydrogen) atoms. The molecule has 0 spiro atoms. The number of nitrogens with zero attached hydrogens (tertiary/aromatic N) is 1. The predicted molar refractivity (Wildman–Crippen MR) is 59.8 cm³/mol. The van der Waals surface area contributed by atoms with Crippen LogP contribution in [0.25, 0.3) is 0 Å². The molecule has 0 aromatic carbocycles. The third-order valence-electron chi connectivity index (χ3n) is 2.83. The van der Waals surface area contributed by atoms with Crippen LogP contribution in [0.1, 0.15) is 40.5 Å². The molecule has 2 N–H and O–H groups in total. The van der Waals surface area contributed by atoms with Crippen molar-refractivity contribution >= 4 is 0 Å². The van der Waals surface area contributed by atoms with Gasteiger partial charge in [0.15, 0.2) is 0 Å². The fourth-order valence-electron chi connectivity index (χ4n) is 1.83. The Labute approximate surface area is 83.5 Å². The summed E-state index contributed by atoms with van der Waals surface area (Å²) >= 11 is 0. The minimum Gasteiger partial charge on any atom is -0.329 e. The average molecular weight is 186 g/mol. The van der Waals surface area contributed by atoms with Gasteiger partial charge in [0.05, 0.1) is 0 Å². The van der Waals surface area contributed by atoms with Crippen LogP contribution in [-0.2, 0) is 0 Å². The van der Waals surface area contributed by atoms with Gasteiger partial charge in [0.1, 0.15) is 0 Å². The molecule has 0 amide bonds. The maximum atomic E-state index is 5.71. The van der Waals surface area contributed by atoms with Crippen molar-refractivity contribution in [1.29, 1.82) is 0 Å². The molecule has 0 aliphatic carbocycles. The predicted octanol–water partition coefficient (Wildman–Crippen LogP) is 2.09. The summed E-state index contributed by atoms with van der Waals surface area (Å²) in [6.45, 7) is 9.81. The van der Waals surface area contributed by atoms with Crippen molar-refractivity contribution in [2.24, 2.45) is 11.7 Å². The second kappa shape index (κ2) is 6.39. The SMILES string of the molecule is CCC(CN)N(C)C(C)CC(C)C. The molecule has 80 valence electrons. The fraction of sp³-hybridized carbons (Fsp3) is 1.00. The van der Waals surface area contributed by atoms with Crippen LogP contribution in [0.15, 0.2) is 0 Å². The van der Waals surface area contributed by atoms with Crippen molar-refractivity contribution in [2.75, 3.05) is 13.6 Å². The summed E-state index contributed by atoms with van der Waals surface area (Å²) in [5.41, 5.74) is 5.71. The van der Waals surface area contributed by atoms with Crippen molar-refractivity contribution < 1.29 is 0 Å². The Morgan fingerprint density at radius 1 is 1.23 bits per heavy atom. The molecule has 0 bridgehead atoms. The van der Waals surface area contributed by atoms with Gasteiger partial charge < -0.3 is 5.73 Å². The lowest BCUT2D eigenvalue weighted by atomic mass is 10.0. The third-order valence-corrected chi connectivity index (χ3v) is 2.83. The lowest BCUT2D eigenvalue weighted by Gasteiger charge is -2.32. The molecule has 2 unspecified atom stereocenters. The molecule has 0 aliphatic rings. The summed E-state index contributed by atoms with van der Waals surface area (Å²) in [6, 6.07) is 1.20. The van der Waals surface area contributed by atoms with E-state index in [4.69, 9.17) is 5.73 Å². The van der Waals surface area contributed by atoms with Gasteiger partial charge in [0, 0.05) is 18.6 Å². The second-order valence-electron chi connectivity index (χ2n) is 4.44. The van der Waals surface area contributed by atoms with E-state index < -0.39 is 0 Å². The van der Waals surface area contributed by atoms with E-state index in [1.54, 1.807) is 0 Å². The van der Waals surface area contributed by atoms with Crippen LogP contribution < -0.4 is 5.73 Å². The zero-order valence-corrected chi connectivity index (χ0v) is 9.88. The van der Waals surface area contributed by atoms with E-state index in [0.29, 0.717) is 12.1 Å². The van der Waals surface area contributed by atoms with E-state index in [0.717, 1.165) is 18.9 Å². The van der Waals surface area contributed by atoms with Gasteiger partial charge in [-0.15, -0.1) is 0 Å². The Morgan fingerprint density at radius 2 is 1.77 bits per heavy atom. The summed E-state index contributed by atoms with van der Waals surface area (Å²) in [5, 5.41) is 0. The minimum atomic E-state index is 0.550. The van der Waals surface area contributed by atoms with E-state index in [1.807, 2.05) is 0 Å². The van der Waals surface area contributed by atoms with Crippen molar-refractivity contribution in [3.05, 3.63) is 0 Å². The highest BCUT2D eigenvalue weighted by atomic mass is 15.2. The number of likely N-dealkylation sites (N-methyl/N-ethyl adjacent to an activating group) is 1. The monoisotopic (exact) mass is 186 g/mol. The Morgan fingerprint density at radius 3 is 2.08 bits per heavy atom. The summed E-state index contributed by atoms with van der Waals surface area (Å²) in [4.78, 5) is 2.42. The smallest absolute Gasteiger partial charge is 0.0215 e. The lowest BCUT2D eigenvalue weighted by molar-refractivity contribution is 0.164. The topological polar surface area (TPSA) is 29.3 Å². The Kier molecular flexibility index (Phi) is 6.35. The van der Waals surface area contributed by atoms with Gasteiger partial charge in [-0.05, 0) is 32.7 Å². The molecule has 2 heteroatoms. The standard InChI is InChI=1S/C11H26N2/c1-6-11(8-12)13(5)10(4)7-9(2)3/h9-11H,6-8,12H2,1-5H3. The molecule has 0 aromatic heterocycles. The first-order chi connectivity index (χ1) is 6.02. The molecule has 0 saturated heterocycles. The van der Waals surface area contributed by atoms with Crippen molar-refractivity contribution in [3.63, 3.8) is 0 Å². The van der Waals surface area contributed by atoms with Crippen molar-refractivity contribution in [2.45, 2.75) is 52.6 Å². The van der Waals surface area contributed by atoms with Gasteiger partial charge in [-0.25, -0.2) is 0 Å². The first-order valence-corrected chi connectivity index (χ1v) is 5.44. The Balaban J connectivity index is 3.98. The van der Waals surface area contributed by atoms with Crippen LogP contribution in [0.2, 0.25) is 0 Å². The highest BCUT2D eigenvalue weighted by molar-refractivity contribution is 4.74. The molecule has 2 nitrogen and oxygen atoms in total. The number of rotatable bonds is 6. The molecule has 0 aliphatic heterocycles. The molecule has 0 fully saturated rings. The first kappa shape index (κ1) is 12.9. The molecule has 0 radical (unpaired) electrons. The highest BCUT2D eigenvalue weighted by Crippen LogP contribution is 2.13. The van der Waals surface area contributed by atoms with Crippen LogP contribution >= 0.6 is 0 Å². The van der Waals surface area contributed by atoms with Crippen molar-refractivity contribution in [3.8, 4) is 0 Å². The summed E-state index contributed by atoms with van der Waals surface area (Å²) in [6.07, 6.45) is 2.41. The molecular weight excluding hydrogens is 160 g/mol. The van der Waals surface area contributed by atoms with Crippen LogP contribution in [0.4, 0.5) is 0 Å². The Hall–Kier alpha value is -0.0800. The summed E-state index contributed by atoms with van der Waals surface area (Å²) in [7, 11) is 2.19. The summed E-state index contributed by atoms with van der Waals surface area (Å²) in [5.74, 6) is 0.771. The normalized spacial score (nSPS) is 16.6. The van der Waals surface area contributed by atoms with Gasteiger partial charge in [-0.2, -0.15) is 0 Å². The fourth-order valence-corrected chi connectivity index (χ4v) is 1.83. The molecular formula is C11H26N2. The van der Waals surface area contributed by atoms with E-state index in [2.05, 4.69) is 39.6 Å². The van der Waals surface area contributed by atoms with Gasteiger partial charge in [0.2, 0.25) is 0 Å². The maximum absolute atomic E-state index is 5.71. The lowest BCUT2D eigenvalue weighted by Crippen LogP contribution is -2.43. The first-order valence-electron chi connectivity index (χ1n) is 5.44. The third kappa shape index (κ3) is 4.63. The van der Waals surface area contributed by atoms with Crippen LogP contribution in [0.3, 0.4) is 0 Å². The number of hydrogen-bond donors (Lipinski definition) is 1. The minimum absolute atomic E-state index is 0.550. The zero-order valence-electron chi connectivity index (χ0n) is 9.88. The van der Waals surface area contributed by atoms with Crippen LogP contribution in [0.5, 0.6) is 0 Å².